The Kier molecular flexibility index (Phi) is 4.57. The van der Waals surface area contributed by atoms with Crippen molar-refractivity contribution < 1.29 is 17.6 Å². The van der Waals surface area contributed by atoms with Gasteiger partial charge in [0.05, 0.1) is 5.92 Å². The monoisotopic (exact) mass is 186 g/mol. The van der Waals surface area contributed by atoms with Crippen molar-refractivity contribution >= 4 is 0 Å². The summed E-state index contributed by atoms with van der Waals surface area (Å²) in [5.74, 6) is -1.78. The Labute approximate surface area is 70.0 Å². The maximum Gasteiger partial charge on any atom is 0.394 e. The van der Waals surface area contributed by atoms with E-state index in [9.17, 15) is 17.6 Å². The van der Waals surface area contributed by atoms with Gasteiger partial charge in [-0.3, -0.25) is 0 Å². The first-order valence-corrected chi connectivity index (χ1v) is 4.14. The van der Waals surface area contributed by atoms with E-state index in [1.807, 2.05) is 0 Å². The number of halogens is 4. The normalized spacial score (nSPS) is 17.5. The highest BCUT2D eigenvalue weighted by Crippen LogP contribution is 2.34. The van der Waals surface area contributed by atoms with Crippen molar-refractivity contribution in [1.82, 2.24) is 0 Å². The van der Waals surface area contributed by atoms with Gasteiger partial charge < -0.3 is 0 Å². The first-order valence-electron chi connectivity index (χ1n) is 4.14. The number of hydrogen-bond donors (Lipinski definition) is 0. The predicted molar refractivity (Wildman–Crippen MR) is 39.6 cm³/mol. The summed E-state index contributed by atoms with van der Waals surface area (Å²) in [6, 6.07) is 0. The van der Waals surface area contributed by atoms with Gasteiger partial charge >= 0.3 is 6.18 Å². The molecule has 0 aliphatic rings. The lowest BCUT2D eigenvalue weighted by atomic mass is 9.97. The van der Waals surface area contributed by atoms with E-state index in [4.69, 9.17) is 0 Å². The summed E-state index contributed by atoms with van der Waals surface area (Å²) >= 11 is 0. The molecule has 0 unspecified atom stereocenters. The van der Waals surface area contributed by atoms with Crippen LogP contribution in [0.4, 0.5) is 17.6 Å². The van der Waals surface area contributed by atoms with Gasteiger partial charge in [-0.1, -0.05) is 20.3 Å². The zero-order chi connectivity index (χ0) is 9.78. The Hall–Kier alpha value is -0.280. The zero-order valence-corrected chi connectivity index (χ0v) is 7.29. The number of rotatable bonds is 4. The maximum atomic E-state index is 12.8. The van der Waals surface area contributed by atoms with Crippen LogP contribution in [0.3, 0.4) is 0 Å². The predicted octanol–water partition coefficient (Wildman–Crippen LogP) is 3.71. The molecule has 0 rings (SSSR count). The molecule has 74 valence electrons. The molecular weight excluding hydrogens is 172 g/mol. The van der Waals surface area contributed by atoms with Gasteiger partial charge in [0, 0.05) is 0 Å². The number of hydrogen-bond acceptors (Lipinski definition) is 0. The van der Waals surface area contributed by atoms with Crippen molar-refractivity contribution in [3.8, 4) is 0 Å². The second-order valence-electron chi connectivity index (χ2n) is 2.86. The van der Waals surface area contributed by atoms with Crippen molar-refractivity contribution in [2.24, 2.45) is 5.92 Å². The zero-order valence-electron chi connectivity index (χ0n) is 7.29. The molecule has 12 heavy (non-hydrogen) atoms. The Morgan fingerprint density at radius 1 is 1.17 bits per heavy atom. The molecule has 0 aromatic carbocycles. The SMILES string of the molecule is CCC[C@@H](F)[C@@H](CC)C(F)(F)F. The smallest absolute Gasteiger partial charge is 0.247 e. The highest BCUT2D eigenvalue weighted by Gasteiger charge is 2.43. The van der Waals surface area contributed by atoms with E-state index >= 15 is 0 Å². The van der Waals surface area contributed by atoms with E-state index in [1.165, 1.54) is 6.92 Å². The van der Waals surface area contributed by atoms with E-state index in [-0.39, 0.29) is 12.8 Å². The van der Waals surface area contributed by atoms with E-state index in [2.05, 4.69) is 0 Å². The molecule has 4 heteroatoms. The first kappa shape index (κ1) is 11.7. The average Bonchev–Trinajstić information content (AvgIpc) is 1.85. The molecule has 0 nitrogen and oxygen atoms in total. The third-order valence-electron chi connectivity index (χ3n) is 1.86. The second-order valence-corrected chi connectivity index (χ2v) is 2.86. The Bertz CT molecular complexity index is 119. The third kappa shape index (κ3) is 3.41. The summed E-state index contributed by atoms with van der Waals surface area (Å²) in [4.78, 5) is 0. The van der Waals surface area contributed by atoms with Crippen LogP contribution in [0.1, 0.15) is 33.1 Å². The summed E-state index contributed by atoms with van der Waals surface area (Å²) in [6.45, 7) is 3.04. The van der Waals surface area contributed by atoms with E-state index in [1.54, 1.807) is 6.92 Å². The molecule has 0 fully saturated rings. The lowest BCUT2D eigenvalue weighted by molar-refractivity contribution is -0.192. The van der Waals surface area contributed by atoms with Crippen molar-refractivity contribution in [2.75, 3.05) is 0 Å². The van der Waals surface area contributed by atoms with Crippen LogP contribution in [-0.2, 0) is 0 Å². The highest BCUT2D eigenvalue weighted by molar-refractivity contribution is 4.74. The molecule has 0 aliphatic heterocycles. The molecule has 0 heterocycles. The Morgan fingerprint density at radius 2 is 1.67 bits per heavy atom. The van der Waals surface area contributed by atoms with E-state index in [0.717, 1.165) is 0 Å². The quantitative estimate of drug-likeness (QED) is 0.587. The lowest BCUT2D eigenvalue weighted by Gasteiger charge is -2.21. The summed E-state index contributed by atoms with van der Waals surface area (Å²) in [7, 11) is 0. The fourth-order valence-corrected chi connectivity index (χ4v) is 1.17. The third-order valence-corrected chi connectivity index (χ3v) is 1.86. The molecule has 0 aliphatic carbocycles. The standard InChI is InChI=1S/C8H14F4/c1-3-5-7(9)6(4-2)8(10,11)12/h6-7H,3-5H2,1-2H3/t6-,7-/m1/s1. The molecular formula is C8H14F4. The molecule has 0 amide bonds. The minimum atomic E-state index is -4.39. The van der Waals surface area contributed by atoms with Gasteiger partial charge in [-0.15, -0.1) is 0 Å². The summed E-state index contributed by atoms with van der Waals surface area (Å²) < 4.78 is 49.0. The van der Waals surface area contributed by atoms with Gasteiger partial charge in [-0.05, 0) is 12.8 Å². The van der Waals surface area contributed by atoms with Crippen molar-refractivity contribution in [2.45, 2.75) is 45.5 Å². The fraction of sp³-hybridized carbons (Fsp3) is 1.00. The lowest BCUT2D eigenvalue weighted by Crippen LogP contribution is -2.30. The first-order chi connectivity index (χ1) is 5.43. The largest absolute Gasteiger partial charge is 0.394 e. The molecule has 0 bridgehead atoms. The molecule has 0 saturated carbocycles. The van der Waals surface area contributed by atoms with Crippen LogP contribution in [0, 0.1) is 5.92 Å². The number of alkyl halides is 4. The average molecular weight is 186 g/mol. The topological polar surface area (TPSA) is 0 Å². The summed E-state index contributed by atoms with van der Waals surface area (Å²) in [6.07, 6.45) is -5.85. The Balaban J connectivity index is 4.14. The van der Waals surface area contributed by atoms with Gasteiger partial charge in [0.15, 0.2) is 0 Å². The molecule has 0 aromatic rings. The molecule has 0 saturated heterocycles. The van der Waals surface area contributed by atoms with E-state index < -0.39 is 18.3 Å². The van der Waals surface area contributed by atoms with Crippen LogP contribution < -0.4 is 0 Å². The van der Waals surface area contributed by atoms with Gasteiger partial charge in [0.25, 0.3) is 0 Å². The molecule has 0 radical (unpaired) electrons. The Morgan fingerprint density at radius 3 is 1.92 bits per heavy atom. The van der Waals surface area contributed by atoms with Crippen LogP contribution >= 0.6 is 0 Å². The van der Waals surface area contributed by atoms with Gasteiger partial charge in [-0.2, -0.15) is 13.2 Å². The van der Waals surface area contributed by atoms with Crippen LogP contribution in [0.15, 0.2) is 0 Å². The van der Waals surface area contributed by atoms with Crippen molar-refractivity contribution in [1.29, 1.82) is 0 Å². The fourth-order valence-electron chi connectivity index (χ4n) is 1.17. The van der Waals surface area contributed by atoms with E-state index in [0.29, 0.717) is 6.42 Å². The minimum Gasteiger partial charge on any atom is -0.247 e. The van der Waals surface area contributed by atoms with Gasteiger partial charge in [0.1, 0.15) is 6.17 Å². The molecule has 2 atom stereocenters. The van der Waals surface area contributed by atoms with Crippen LogP contribution in [0.25, 0.3) is 0 Å². The van der Waals surface area contributed by atoms with Crippen LogP contribution in [-0.4, -0.2) is 12.3 Å². The highest BCUT2D eigenvalue weighted by atomic mass is 19.4. The maximum absolute atomic E-state index is 12.8. The minimum absolute atomic E-state index is 0.00197. The molecule has 0 N–H and O–H groups in total. The van der Waals surface area contributed by atoms with Crippen LogP contribution in [0.5, 0.6) is 0 Å². The van der Waals surface area contributed by atoms with Gasteiger partial charge in [-0.25, -0.2) is 4.39 Å². The van der Waals surface area contributed by atoms with Gasteiger partial charge in [0.2, 0.25) is 0 Å². The molecule has 0 aromatic heterocycles. The second kappa shape index (κ2) is 4.67. The van der Waals surface area contributed by atoms with Crippen molar-refractivity contribution in [3.05, 3.63) is 0 Å². The van der Waals surface area contributed by atoms with Crippen LogP contribution in [0.2, 0.25) is 0 Å². The van der Waals surface area contributed by atoms with Crippen molar-refractivity contribution in [3.63, 3.8) is 0 Å². The summed E-state index contributed by atoms with van der Waals surface area (Å²) in [5, 5.41) is 0. The molecule has 0 spiro atoms. The summed E-state index contributed by atoms with van der Waals surface area (Å²) in [5.41, 5.74) is 0.